The van der Waals surface area contributed by atoms with Crippen molar-refractivity contribution in [3.8, 4) is 5.75 Å². The van der Waals surface area contributed by atoms with Gasteiger partial charge in [-0.15, -0.1) is 5.10 Å². The van der Waals surface area contributed by atoms with E-state index in [2.05, 4.69) is 20.8 Å². The number of nitrogens with one attached hydrogen (secondary N) is 1. The molecule has 1 aliphatic rings. The second-order valence-electron chi connectivity index (χ2n) is 5.05. The molecular formula is C14H17N5O2S. The third kappa shape index (κ3) is 3.76. The number of hydrogen-bond donors (Lipinski definition) is 1. The highest BCUT2D eigenvalue weighted by atomic mass is 32.2. The minimum absolute atomic E-state index is 0.0434. The van der Waals surface area contributed by atoms with Gasteiger partial charge in [0.25, 0.3) is 0 Å². The summed E-state index contributed by atoms with van der Waals surface area (Å²) in [5.74, 6) is 1.04. The number of carbonyl (C=O) groups is 1. The maximum Gasteiger partial charge on any atom is 0.230 e. The smallest absolute Gasteiger partial charge is 0.230 e. The fraction of sp³-hybridized carbons (Fsp3) is 0.429. The Hall–Kier alpha value is -2.09. The maximum absolute atomic E-state index is 11.9. The molecule has 0 radical (unpaired) electrons. The average molecular weight is 319 g/mol. The Labute approximate surface area is 132 Å². The number of benzene rings is 1. The minimum atomic E-state index is -0.0434. The molecule has 7 nitrogen and oxygen atoms in total. The molecule has 1 aromatic carbocycles. The number of ether oxygens (including phenoxy) is 1. The fourth-order valence-electron chi connectivity index (χ4n) is 1.99. The van der Waals surface area contributed by atoms with Gasteiger partial charge in [0, 0.05) is 6.54 Å². The summed E-state index contributed by atoms with van der Waals surface area (Å²) in [6.07, 6.45) is 2.22. The van der Waals surface area contributed by atoms with E-state index >= 15 is 0 Å². The van der Waals surface area contributed by atoms with Crippen LogP contribution in [0.5, 0.6) is 5.75 Å². The average Bonchev–Trinajstić information content (AvgIpc) is 3.29. The van der Waals surface area contributed by atoms with Crippen LogP contribution < -0.4 is 10.1 Å². The lowest BCUT2D eigenvalue weighted by Crippen LogP contribution is -2.24. The topological polar surface area (TPSA) is 81.9 Å². The molecule has 1 aromatic heterocycles. The fourth-order valence-corrected chi connectivity index (χ4v) is 2.77. The van der Waals surface area contributed by atoms with Crippen LogP contribution in [0.4, 0.5) is 0 Å². The van der Waals surface area contributed by atoms with Crippen LogP contribution in [0, 0.1) is 0 Å². The quantitative estimate of drug-likeness (QED) is 0.777. The third-order valence-electron chi connectivity index (χ3n) is 3.31. The van der Waals surface area contributed by atoms with E-state index in [4.69, 9.17) is 4.74 Å². The van der Waals surface area contributed by atoms with Crippen LogP contribution in [0.1, 0.15) is 24.4 Å². The summed E-state index contributed by atoms with van der Waals surface area (Å²) in [5, 5.41) is 15.2. The molecule has 1 saturated carbocycles. The molecule has 0 saturated heterocycles. The van der Waals surface area contributed by atoms with Crippen molar-refractivity contribution in [2.75, 3.05) is 12.9 Å². The van der Waals surface area contributed by atoms with Gasteiger partial charge < -0.3 is 10.1 Å². The Bertz CT molecular complexity index is 656. The van der Waals surface area contributed by atoms with Crippen molar-refractivity contribution in [1.82, 2.24) is 25.5 Å². The summed E-state index contributed by atoms with van der Waals surface area (Å²) < 4.78 is 6.96. The molecule has 2 aromatic rings. The van der Waals surface area contributed by atoms with Gasteiger partial charge in [-0.2, -0.15) is 0 Å². The highest BCUT2D eigenvalue weighted by Gasteiger charge is 2.28. The van der Waals surface area contributed by atoms with Crippen LogP contribution in [0.15, 0.2) is 29.4 Å². The van der Waals surface area contributed by atoms with E-state index in [0.717, 1.165) is 24.2 Å². The number of rotatable bonds is 7. The Morgan fingerprint density at radius 1 is 1.50 bits per heavy atom. The molecule has 0 atom stereocenters. The van der Waals surface area contributed by atoms with Crippen LogP contribution in [0.2, 0.25) is 0 Å². The van der Waals surface area contributed by atoms with Gasteiger partial charge in [0.15, 0.2) is 0 Å². The van der Waals surface area contributed by atoms with E-state index in [1.807, 2.05) is 24.3 Å². The Morgan fingerprint density at radius 3 is 3.14 bits per heavy atom. The standard InChI is InChI=1S/C14H17N5O2S/c1-21-12-4-2-3-10(7-12)8-15-13(20)9-22-14-16-17-18-19(14)11-5-6-11/h2-4,7,11H,5-6,8-9H2,1H3,(H,15,20). The highest BCUT2D eigenvalue weighted by molar-refractivity contribution is 7.99. The van der Waals surface area contributed by atoms with Crippen molar-refractivity contribution in [1.29, 1.82) is 0 Å². The lowest BCUT2D eigenvalue weighted by Gasteiger charge is -2.07. The Morgan fingerprint density at radius 2 is 2.36 bits per heavy atom. The van der Waals surface area contributed by atoms with E-state index in [1.54, 1.807) is 11.8 Å². The monoisotopic (exact) mass is 319 g/mol. The summed E-state index contributed by atoms with van der Waals surface area (Å²) in [6.45, 7) is 0.476. The van der Waals surface area contributed by atoms with Crippen molar-refractivity contribution < 1.29 is 9.53 Å². The zero-order valence-electron chi connectivity index (χ0n) is 12.2. The molecule has 116 valence electrons. The van der Waals surface area contributed by atoms with Gasteiger partial charge in [0.1, 0.15) is 5.75 Å². The zero-order valence-corrected chi connectivity index (χ0v) is 13.0. The SMILES string of the molecule is COc1cccc(CNC(=O)CSc2nnnn2C2CC2)c1. The second-order valence-corrected chi connectivity index (χ2v) is 6.00. The van der Waals surface area contributed by atoms with Crippen LogP contribution in [-0.2, 0) is 11.3 Å². The summed E-state index contributed by atoms with van der Waals surface area (Å²) in [6, 6.07) is 8.04. The van der Waals surface area contributed by atoms with Crippen LogP contribution in [0.3, 0.4) is 0 Å². The molecule has 3 rings (SSSR count). The molecular weight excluding hydrogens is 302 g/mol. The van der Waals surface area contributed by atoms with E-state index in [-0.39, 0.29) is 5.91 Å². The molecule has 1 fully saturated rings. The van der Waals surface area contributed by atoms with Gasteiger partial charge in [-0.1, -0.05) is 23.9 Å². The van der Waals surface area contributed by atoms with E-state index < -0.39 is 0 Å². The number of tetrazole rings is 1. The van der Waals surface area contributed by atoms with Crippen molar-refractivity contribution in [2.45, 2.75) is 30.6 Å². The molecule has 8 heteroatoms. The van der Waals surface area contributed by atoms with Crippen molar-refractivity contribution in [3.63, 3.8) is 0 Å². The van der Waals surface area contributed by atoms with Gasteiger partial charge in [-0.05, 0) is 41.0 Å². The normalized spacial score (nSPS) is 13.9. The molecule has 1 amide bonds. The second kappa shape index (κ2) is 6.78. The summed E-state index contributed by atoms with van der Waals surface area (Å²) >= 11 is 1.36. The number of nitrogens with zero attached hydrogens (tertiary/aromatic N) is 4. The molecule has 0 aliphatic heterocycles. The first kappa shape index (κ1) is 14.8. The number of carbonyl (C=O) groups excluding carboxylic acids is 1. The third-order valence-corrected chi connectivity index (χ3v) is 4.24. The van der Waals surface area contributed by atoms with Crippen LogP contribution >= 0.6 is 11.8 Å². The highest BCUT2D eigenvalue weighted by Crippen LogP contribution is 2.36. The first-order valence-electron chi connectivity index (χ1n) is 7.06. The van der Waals surface area contributed by atoms with Crippen LogP contribution in [0.25, 0.3) is 0 Å². The molecule has 0 unspecified atom stereocenters. The predicted molar refractivity (Wildman–Crippen MR) is 81.7 cm³/mol. The molecule has 22 heavy (non-hydrogen) atoms. The van der Waals surface area contributed by atoms with Gasteiger partial charge in [-0.25, -0.2) is 4.68 Å². The van der Waals surface area contributed by atoms with Gasteiger partial charge in [0.2, 0.25) is 11.1 Å². The van der Waals surface area contributed by atoms with Gasteiger partial charge in [-0.3, -0.25) is 4.79 Å². The molecule has 1 N–H and O–H groups in total. The van der Waals surface area contributed by atoms with Crippen LogP contribution in [-0.4, -0.2) is 39.0 Å². The molecule has 0 spiro atoms. The number of aromatic nitrogens is 4. The van der Waals surface area contributed by atoms with Crippen molar-refractivity contribution in [2.24, 2.45) is 0 Å². The number of amides is 1. The first-order chi connectivity index (χ1) is 10.8. The van der Waals surface area contributed by atoms with Crippen molar-refractivity contribution >= 4 is 17.7 Å². The number of hydrogen-bond acceptors (Lipinski definition) is 6. The van der Waals surface area contributed by atoms with E-state index in [9.17, 15) is 4.79 Å². The van der Waals surface area contributed by atoms with E-state index in [1.165, 1.54) is 11.8 Å². The lowest BCUT2D eigenvalue weighted by molar-refractivity contribution is -0.118. The zero-order chi connectivity index (χ0) is 15.4. The summed E-state index contributed by atoms with van der Waals surface area (Å²) in [4.78, 5) is 11.9. The Kier molecular flexibility index (Phi) is 4.57. The van der Waals surface area contributed by atoms with Crippen molar-refractivity contribution in [3.05, 3.63) is 29.8 Å². The van der Waals surface area contributed by atoms with Gasteiger partial charge in [0.05, 0.1) is 18.9 Å². The number of methoxy groups -OCH3 is 1. The summed E-state index contributed by atoms with van der Waals surface area (Å²) in [5.41, 5.74) is 1.00. The van der Waals surface area contributed by atoms with Gasteiger partial charge >= 0.3 is 0 Å². The predicted octanol–water partition coefficient (Wildman–Crippen LogP) is 1.43. The lowest BCUT2D eigenvalue weighted by atomic mass is 10.2. The maximum atomic E-state index is 11.9. The van der Waals surface area contributed by atoms with E-state index in [0.29, 0.717) is 23.5 Å². The Balaban J connectivity index is 1.47. The first-order valence-corrected chi connectivity index (χ1v) is 8.05. The molecule has 1 heterocycles. The minimum Gasteiger partial charge on any atom is -0.497 e. The number of thioether (sulfide) groups is 1. The molecule has 0 bridgehead atoms. The molecule has 1 aliphatic carbocycles. The summed E-state index contributed by atoms with van der Waals surface area (Å²) in [7, 11) is 1.62. The largest absolute Gasteiger partial charge is 0.497 e.